The summed E-state index contributed by atoms with van der Waals surface area (Å²) in [5, 5.41) is 84.4. The first kappa shape index (κ1) is 29.9. The lowest BCUT2D eigenvalue weighted by Crippen LogP contribution is -2.68. The standard InChI is InChI=1S/C22H37NO15/c1-6-11(26)14(29)19(38-21-10(23-7(2)25)13(28)12(27)9(5-24)36-21)22(34-6)35-8-3-4-33-18-15(30)16(31)20(32)37-17(8)18/h6,8-22,24,26-32H,3-5H2,1-2H3,(H,23,25)/t6-,8-,9-,10-,11-,12-,13-,14+,15-,16-,17-,18+,19+,20-,21+,22-/m1/s1. The zero-order chi connectivity index (χ0) is 27.9. The first-order valence-corrected chi connectivity index (χ1v) is 12.5. The van der Waals surface area contributed by atoms with Gasteiger partial charge in [-0.25, -0.2) is 0 Å². The molecule has 4 saturated heterocycles. The van der Waals surface area contributed by atoms with E-state index in [-0.39, 0.29) is 13.0 Å². The highest BCUT2D eigenvalue weighted by Gasteiger charge is 2.54. The molecule has 16 heteroatoms. The van der Waals surface area contributed by atoms with Crippen molar-refractivity contribution in [2.75, 3.05) is 13.2 Å². The Morgan fingerprint density at radius 3 is 2.21 bits per heavy atom. The number of hydrogen-bond donors (Lipinski definition) is 9. The molecule has 1 amide bonds. The summed E-state index contributed by atoms with van der Waals surface area (Å²) in [4.78, 5) is 11.8. The van der Waals surface area contributed by atoms with Gasteiger partial charge in [-0.3, -0.25) is 4.79 Å². The molecule has 0 unspecified atom stereocenters. The van der Waals surface area contributed by atoms with Crippen LogP contribution in [0.25, 0.3) is 0 Å². The third-order valence-corrected chi connectivity index (χ3v) is 7.31. The topological polar surface area (TPSA) is 246 Å². The van der Waals surface area contributed by atoms with Gasteiger partial charge in [-0.1, -0.05) is 0 Å². The summed E-state index contributed by atoms with van der Waals surface area (Å²) in [6, 6.07) is -1.34. The van der Waals surface area contributed by atoms with Gasteiger partial charge in [-0.2, -0.15) is 0 Å². The number of nitrogens with one attached hydrogen (secondary N) is 1. The van der Waals surface area contributed by atoms with Gasteiger partial charge in [0.1, 0.15) is 67.1 Å². The number of ether oxygens (including phenoxy) is 6. The van der Waals surface area contributed by atoms with Crippen LogP contribution in [-0.4, -0.2) is 158 Å². The molecule has 4 aliphatic heterocycles. The highest BCUT2D eigenvalue weighted by Crippen LogP contribution is 2.35. The minimum absolute atomic E-state index is 0.0899. The molecule has 16 nitrogen and oxygen atoms in total. The minimum atomic E-state index is -1.72. The number of fused-ring (bicyclic) bond motifs is 1. The first-order chi connectivity index (χ1) is 17.9. The van der Waals surface area contributed by atoms with Crippen molar-refractivity contribution in [1.29, 1.82) is 0 Å². The Bertz CT molecular complexity index is 807. The van der Waals surface area contributed by atoms with Crippen LogP contribution in [0.4, 0.5) is 0 Å². The normalized spacial score (nSPS) is 51.7. The molecule has 9 N–H and O–H groups in total. The zero-order valence-electron chi connectivity index (χ0n) is 20.8. The average Bonchev–Trinajstić information content (AvgIpc) is 2.88. The van der Waals surface area contributed by atoms with E-state index in [9.17, 15) is 45.6 Å². The molecule has 4 fully saturated rings. The summed E-state index contributed by atoms with van der Waals surface area (Å²) >= 11 is 0. The van der Waals surface area contributed by atoms with Crippen LogP contribution in [0, 0.1) is 0 Å². The Morgan fingerprint density at radius 2 is 1.55 bits per heavy atom. The number of carbonyl (C=O) groups is 1. The smallest absolute Gasteiger partial charge is 0.217 e. The number of hydrogen-bond acceptors (Lipinski definition) is 15. The van der Waals surface area contributed by atoms with Crippen molar-refractivity contribution < 1.29 is 74.1 Å². The van der Waals surface area contributed by atoms with Crippen LogP contribution in [-0.2, 0) is 33.2 Å². The molecular formula is C22H37NO15. The average molecular weight is 556 g/mol. The Kier molecular flexibility index (Phi) is 9.59. The number of aliphatic hydroxyl groups excluding tert-OH is 8. The van der Waals surface area contributed by atoms with Gasteiger partial charge in [0, 0.05) is 13.5 Å². The SMILES string of the molecule is CC(=O)N[C@H]1[C@H](O[C@@H]2[C@@H](O[C@@H]3CCO[C@H]4[C@H](O)[C@@H](O)[C@H](O)O[C@@H]43)O[C@H](C)[C@@H](O)[C@@H]2O)O[C@H](CO)[C@@H](O)[C@@H]1O. The van der Waals surface area contributed by atoms with E-state index < -0.39 is 111 Å². The molecular weight excluding hydrogens is 518 g/mol. The second-order valence-corrected chi connectivity index (χ2v) is 10.00. The van der Waals surface area contributed by atoms with E-state index in [2.05, 4.69) is 5.32 Å². The van der Waals surface area contributed by atoms with Crippen molar-refractivity contribution in [1.82, 2.24) is 5.32 Å². The second-order valence-electron chi connectivity index (χ2n) is 10.00. The molecule has 4 rings (SSSR count). The third-order valence-electron chi connectivity index (χ3n) is 7.31. The molecule has 0 aromatic heterocycles. The Balaban J connectivity index is 1.56. The van der Waals surface area contributed by atoms with Crippen LogP contribution in [0.1, 0.15) is 20.3 Å². The Labute approximate surface area is 217 Å². The first-order valence-electron chi connectivity index (χ1n) is 12.5. The molecule has 0 radical (unpaired) electrons. The molecule has 0 aromatic carbocycles. The summed E-state index contributed by atoms with van der Waals surface area (Å²) < 4.78 is 34.2. The van der Waals surface area contributed by atoms with Gasteiger partial charge < -0.3 is 74.6 Å². The molecule has 4 aliphatic rings. The summed E-state index contributed by atoms with van der Waals surface area (Å²) in [6.07, 6.45) is -20.5. The van der Waals surface area contributed by atoms with E-state index in [1.165, 1.54) is 6.92 Å². The van der Waals surface area contributed by atoms with Gasteiger partial charge in [0.05, 0.1) is 18.8 Å². The van der Waals surface area contributed by atoms with E-state index >= 15 is 0 Å². The predicted molar refractivity (Wildman–Crippen MR) is 119 cm³/mol. The maximum atomic E-state index is 11.8. The van der Waals surface area contributed by atoms with Gasteiger partial charge >= 0.3 is 0 Å². The van der Waals surface area contributed by atoms with Gasteiger partial charge in [-0.15, -0.1) is 0 Å². The summed E-state index contributed by atoms with van der Waals surface area (Å²) in [5.74, 6) is -0.593. The van der Waals surface area contributed by atoms with Crippen LogP contribution in [0.15, 0.2) is 0 Å². The Morgan fingerprint density at radius 1 is 0.842 bits per heavy atom. The molecule has 0 aromatic rings. The lowest BCUT2D eigenvalue weighted by molar-refractivity contribution is -0.376. The fourth-order valence-corrected chi connectivity index (χ4v) is 5.17. The molecule has 0 aliphatic carbocycles. The van der Waals surface area contributed by atoms with E-state index in [0.717, 1.165) is 6.92 Å². The highest BCUT2D eigenvalue weighted by atomic mass is 16.8. The van der Waals surface area contributed by atoms with Crippen molar-refractivity contribution in [3.63, 3.8) is 0 Å². The number of carbonyl (C=O) groups excluding carboxylic acids is 1. The van der Waals surface area contributed by atoms with E-state index in [4.69, 9.17) is 28.4 Å². The zero-order valence-corrected chi connectivity index (χ0v) is 20.8. The van der Waals surface area contributed by atoms with Crippen molar-refractivity contribution in [2.24, 2.45) is 0 Å². The molecule has 0 saturated carbocycles. The summed E-state index contributed by atoms with van der Waals surface area (Å²) in [6.45, 7) is 2.03. The fourth-order valence-electron chi connectivity index (χ4n) is 5.17. The summed E-state index contributed by atoms with van der Waals surface area (Å²) in [7, 11) is 0. The van der Waals surface area contributed by atoms with Gasteiger partial charge in [0.25, 0.3) is 0 Å². The molecule has 220 valence electrons. The second kappa shape index (κ2) is 12.2. The van der Waals surface area contributed by atoms with Gasteiger partial charge in [0.2, 0.25) is 5.91 Å². The number of rotatable bonds is 6. The van der Waals surface area contributed by atoms with Crippen LogP contribution in [0.5, 0.6) is 0 Å². The minimum Gasteiger partial charge on any atom is -0.394 e. The van der Waals surface area contributed by atoms with Crippen molar-refractivity contribution >= 4 is 5.91 Å². The molecule has 38 heavy (non-hydrogen) atoms. The highest BCUT2D eigenvalue weighted by molar-refractivity contribution is 5.73. The van der Waals surface area contributed by atoms with Crippen molar-refractivity contribution in [3.8, 4) is 0 Å². The molecule has 0 bridgehead atoms. The largest absolute Gasteiger partial charge is 0.394 e. The lowest BCUT2D eigenvalue weighted by atomic mass is 9.91. The maximum Gasteiger partial charge on any atom is 0.217 e. The Hall–Kier alpha value is -1.09. The number of aliphatic hydroxyl groups is 8. The monoisotopic (exact) mass is 555 g/mol. The van der Waals surface area contributed by atoms with Crippen LogP contribution in [0.3, 0.4) is 0 Å². The maximum absolute atomic E-state index is 11.8. The molecule has 16 atom stereocenters. The summed E-state index contributed by atoms with van der Waals surface area (Å²) in [5.41, 5.74) is 0. The molecule has 4 heterocycles. The quantitative estimate of drug-likeness (QED) is 0.148. The van der Waals surface area contributed by atoms with E-state index in [1.807, 2.05) is 0 Å². The van der Waals surface area contributed by atoms with Gasteiger partial charge in [-0.05, 0) is 13.3 Å². The van der Waals surface area contributed by atoms with Crippen LogP contribution in [0.2, 0.25) is 0 Å². The molecule has 0 spiro atoms. The predicted octanol–water partition coefficient (Wildman–Crippen LogP) is -5.60. The third kappa shape index (κ3) is 5.84. The van der Waals surface area contributed by atoms with E-state index in [0.29, 0.717) is 0 Å². The number of amides is 1. The van der Waals surface area contributed by atoms with Crippen LogP contribution >= 0.6 is 0 Å². The lowest BCUT2D eigenvalue weighted by Gasteiger charge is -2.49. The van der Waals surface area contributed by atoms with Crippen molar-refractivity contribution in [3.05, 3.63) is 0 Å². The van der Waals surface area contributed by atoms with Crippen LogP contribution < -0.4 is 5.32 Å². The van der Waals surface area contributed by atoms with Gasteiger partial charge in [0.15, 0.2) is 18.9 Å². The van der Waals surface area contributed by atoms with E-state index in [1.54, 1.807) is 0 Å². The van der Waals surface area contributed by atoms with Crippen molar-refractivity contribution in [2.45, 2.75) is 118 Å². The fraction of sp³-hybridized carbons (Fsp3) is 0.955.